The molecule has 0 unspecified atom stereocenters. The van der Waals surface area contributed by atoms with Gasteiger partial charge in [0, 0.05) is 5.66 Å². The molecule has 0 spiro atoms. The van der Waals surface area contributed by atoms with E-state index in [0.29, 0.717) is 0 Å². The first-order valence-corrected chi connectivity index (χ1v) is 11.3. The van der Waals surface area contributed by atoms with Gasteiger partial charge in [-0.1, -0.05) is 70.7 Å². The van der Waals surface area contributed by atoms with Gasteiger partial charge in [0.05, 0.1) is 0 Å². The van der Waals surface area contributed by atoms with E-state index in [0.717, 1.165) is 17.0 Å². The van der Waals surface area contributed by atoms with E-state index in [9.17, 15) is 0 Å². The smallest absolute Gasteiger partial charge is 0.00526 e. The first-order chi connectivity index (χ1) is 10.9. The normalized spacial score (nSPS) is 27.2. The summed E-state index contributed by atoms with van der Waals surface area (Å²) >= 11 is 0. The van der Waals surface area contributed by atoms with Crippen LogP contribution in [0.2, 0.25) is 0 Å². The average molecular weight is 314 g/mol. The van der Waals surface area contributed by atoms with Crippen LogP contribution in [-0.4, -0.2) is 11.3 Å². The van der Waals surface area contributed by atoms with E-state index in [-0.39, 0.29) is 7.92 Å². The van der Waals surface area contributed by atoms with Crippen molar-refractivity contribution in [1.29, 1.82) is 0 Å². The van der Waals surface area contributed by atoms with Crippen LogP contribution in [0.15, 0.2) is 24.3 Å². The van der Waals surface area contributed by atoms with Crippen molar-refractivity contribution < 1.29 is 0 Å². The predicted molar refractivity (Wildman–Crippen MR) is 98.2 cm³/mol. The van der Waals surface area contributed by atoms with Crippen LogP contribution < -0.4 is 0 Å². The van der Waals surface area contributed by atoms with Crippen molar-refractivity contribution in [2.75, 3.05) is 0 Å². The van der Waals surface area contributed by atoms with Crippen LogP contribution in [-0.2, 0) is 6.42 Å². The molecule has 1 aromatic carbocycles. The zero-order valence-corrected chi connectivity index (χ0v) is 14.9. The zero-order chi connectivity index (χ0) is 14.8. The van der Waals surface area contributed by atoms with E-state index >= 15 is 0 Å². The van der Waals surface area contributed by atoms with E-state index in [2.05, 4.69) is 24.3 Å². The summed E-state index contributed by atoms with van der Waals surface area (Å²) in [4.78, 5) is 0. The first kappa shape index (κ1) is 15.2. The highest BCUT2D eigenvalue weighted by Gasteiger charge is 2.39. The second kappa shape index (κ2) is 7.04. The lowest BCUT2D eigenvalue weighted by Crippen LogP contribution is -2.23. The maximum Gasteiger partial charge on any atom is 0.00526 e. The molecule has 1 aromatic rings. The minimum Gasteiger partial charge on any atom is -0.0926 e. The lowest BCUT2D eigenvalue weighted by molar-refractivity contribution is 0.480. The number of fused-ring (bicyclic) bond motifs is 1. The highest BCUT2D eigenvalue weighted by atomic mass is 31.1. The predicted octanol–water partition coefficient (Wildman–Crippen LogP) is 6.82. The molecule has 0 aliphatic heterocycles. The van der Waals surface area contributed by atoms with Gasteiger partial charge in [0.2, 0.25) is 0 Å². The molecule has 2 fully saturated rings. The number of hydrogen-bond donors (Lipinski definition) is 0. The Morgan fingerprint density at radius 3 is 1.91 bits per heavy atom. The summed E-state index contributed by atoms with van der Waals surface area (Å²) in [5, 5.41) is 0. The van der Waals surface area contributed by atoms with E-state index in [4.69, 9.17) is 0 Å². The fourth-order valence-corrected chi connectivity index (χ4v) is 9.95. The first-order valence-electron chi connectivity index (χ1n) is 9.79. The topological polar surface area (TPSA) is 0 Å². The summed E-state index contributed by atoms with van der Waals surface area (Å²) in [6.07, 6.45) is 18.1. The van der Waals surface area contributed by atoms with Crippen molar-refractivity contribution in [2.45, 2.75) is 94.0 Å². The van der Waals surface area contributed by atoms with Gasteiger partial charge in [-0.05, 0) is 61.0 Å². The van der Waals surface area contributed by atoms with E-state index in [1.165, 1.54) is 51.4 Å². The Morgan fingerprint density at radius 1 is 0.682 bits per heavy atom. The zero-order valence-electron chi connectivity index (χ0n) is 14.0. The Morgan fingerprint density at radius 2 is 1.27 bits per heavy atom. The van der Waals surface area contributed by atoms with Gasteiger partial charge in [-0.2, -0.15) is 0 Å². The van der Waals surface area contributed by atoms with Gasteiger partial charge >= 0.3 is 0 Å². The Kier molecular flexibility index (Phi) is 4.86. The van der Waals surface area contributed by atoms with Crippen molar-refractivity contribution in [3.8, 4) is 0 Å². The maximum atomic E-state index is 2.48. The van der Waals surface area contributed by atoms with Gasteiger partial charge in [-0.3, -0.25) is 0 Å². The molecule has 0 heterocycles. The summed E-state index contributed by atoms with van der Waals surface area (Å²) in [5.74, 6) is 0. The maximum absolute atomic E-state index is 2.48. The molecule has 22 heavy (non-hydrogen) atoms. The molecule has 1 atom stereocenters. The molecule has 0 aromatic heterocycles. The van der Waals surface area contributed by atoms with Crippen LogP contribution in [0.1, 0.15) is 87.4 Å². The van der Waals surface area contributed by atoms with Crippen LogP contribution in [0.3, 0.4) is 0 Å². The molecular formula is C21H31P. The lowest BCUT2D eigenvalue weighted by Gasteiger charge is -2.42. The largest absolute Gasteiger partial charge is 0.0926 e. The van der Waals surface area contributed by atoms with Gasteiger partial charge in [0.1, 0.15) is 0 Å². The van der Waals surface area contributed by atoms with Crippen molar-refractivity contribution in [2.24, 2.45) is 0 Å². The van der Waals surface area contributed by atoms with E-state index in [1.807, 2.05) is 0 Å². The van der Waals surface area contributed by atoms with Gasteiger partial charge in [0.25, 0.3) is 0 Å². The summed E-state index contributed by atoms with van der Waals surface area (Å²) in [5.41, 5.74) is 6.61. The Labute approximate surface area is 137 Å². The molecule has 0 N–H and O–H groups in total. The van der Waals surface area contributed by atoms with Crippen molar-refractivity contribution in [3.05, 3.63) is 35.4 Å². The third-order valence-corrected chi connectivity index (χ3v) is 10.4. The summed E-state index contributed by atoms with van der Waals surface area (Å²) in [6, 6.07) is 9.44. The van der Waals surface area contributed by atoms with Crippen LogP contribution >= 0.6 is 7.92 Å². The average Bonchev–Trinajstić information content (AvgIpc) is 3.01. The lowest BCUT2D eigenvalue weighted by atomic mass is 9.99. The van der Waals surface area contributed by atoms with Crippen LogP contribution in [0.5, 0.6) is 0 Å². The van der Waals surface area contributed by atoms with Crippen molar-refractivity contribution in [1.82, 2.24) is 0 Å². The summed E-state index contributed by atoms with van der Waals surface area (Å²) in [7, 11) is 0.215. The molecule has 4 rings (SSSR count). The third kappa shape index (κ3) is 3.01. The highest BCUT2D eigenvalue weighted by Crippen LogP contribution is 2.67. The molecule has 120 valence electrons. The molecule has 0 nitrogen and oxygen atoms in total. The molecule has 1 heteroatoms. The summed E-state index contributed by atoms with van der Waals surface area (Å²) in [6.45, 7) is 0. The van der Waals surface area contributed by atoms with Crippen LogP contribution in [0, 0.1) is 0 Å². The number of aryl methyl sites for hydroxylation is 1. The molecule has 3 aliphatic rings. The van der Waals surface area contributed by atoms with Crippen molar-refractivity contribution in [3.63, 3.8) is 0 Å². The molecular weight excluding hydrogens is 283 g/mol. The Balaban J connectivity index is 1.62. The second-order valence-electron chi connectivity index (χ2n) is 7.78. The number of rotatable bonds is 3. The molecule has 0 bridgehead atoms. The SMILES string of the molecule is c1ccc2c(c1)CC[C@@H]2P(C1CCCCC1)C1CCCCC1. The number of benzene rings is 1. The molecule has 0 radical (unpaired) electrons. The fourth-order valence-electron chi connectivity index (χ4n) is 5.41. The van der Waals surface area contributed by atoms with Crippen LogP contribution in [0.4, 0.5) is 0 Å². The fraction of sp³-hybridized carbons (Fsp3) is 0.714. The van der Waals surface area contributed by atoms with E-state index < -0.39 is 0 Å². The van der Waals surface area contributed by atoms with Gasteiger partial charge in [-0.25, -0.2) is 0 Å². The standard InChI is InChI=1S/C21H31P/c1-3-10-18(11-4-1)22(19-12-5-2-6-13-19)21-16-15-17-9-7-8-14-20(17)21/h7-9,14,18-19,21H,1-6,10-13,15-16H2/t21-/m0/s1. The van der Waals surface area contributed by atoms with Gasteiger partial charge in [-0.15, -0.1) is 0 Å². The highest BCUT2D eigenvalue weighted by molar-refractivity contribution is 7.59. The molecule has 0 saturated heterocycles. The summed E-state index contributed by atoms with van der Waals surface area (Å²) < 4.78 is 0. The quantitative estimate of drug-likeness (QED) is 0.537. The van der Waals surface area contributed by atoms with Crippen molar-refractivity contribution >= 4 is 7.92 Å². The Hall–Kier alpha value is -0.350. The molecule has 3 aliphatic carbocycles. The monoisotopic (exact) mass is 314 g/mol. The third-order valence-electron chi connectivity index (χ3n) is 6.45. The minimum absolute atomic E-state index is 0.215. The Bertz CT molecular complexity index is 464. The van der Waals surface area contributed by atoms with E-state index in [1.54, 1.807) is 36.8 Å². The number of hydrogen-bond acceptors (Lipinski definition) is 0. The minimum atomic E-state index is 0.215. The van der Waals surface area contributed by atoms with Crippen LogP contribution in [0.25, 0.3) is 0 Å². The van der Waals surface area contributed by atoms with Gasteiger partial charge < -0.3 is 0 Å². The molecule has 0 amide bonds. The molecule has 2 saturated carbocycles. The van der Waals surface area contributed by atoms with Gasteiger partial charge in [0.15, 0.2) is 0 Å². The second-order valence-corrected chi connectivity index (χ2v) is 10.8.